The predicted molar refractivity (Wildman–Crippen MR) is 123 cm³/mol. The first-order chi connectivity index (χ1) is 16.5. The first kappa shape index (κ1) is 23.7. The van der Waals surface area contributed by atoms with E-state index in [9.17, 15) is 14.7 Å². The van der Waals surface area contributed by atoms with Crippen LogP contribution in [0.3, 0.4) is 0 Å². The molecule has 1 fully saturated rings. The number of aliphatic hydroxyl groups is 1. The fourth-order valence-electron chi connectivity index (χ4n) is 3.98. The van der Waals surface area contributed by atoms with E-state index in [2.05, 4.69) is 16.0 Å². The summed E-state index contributed by atoms with van der Waals surface area (Å²) in [5, 5.41) is 18.3. The Morgan fingerprint density at radius 2 is 1.88 bits per heavy atom. The highest BCUT2D eigenvalue weighted by atomic mass is 16.7. The normalized spacial score (nSPS) is 20.9. The lowest BCUT2D eigenvalue weighted by atomic mass is 9.97. The Kier molecular flexibility index (Phi) is 7.71. The van der Waals surface area contributed by atoms with Crippen LogP contribution in [0, 0.1) is 0 Å². The van der Waals surface area contributed by atoms with Crippen LogP contribution < -0.4 is 30.2 Å². The van der Waals surface area contributed by atoms with Gasteiger partial charge in [-0.15, -0.1) is 0 Å². The molecule has 2 aliphatic heterocycles. The molecule has 182 valence electrons. The van der Waals surface area contributed by atoms with Gasteiger partial charge in [-0.05, 0) is 42.7 Å². The molecule has 0 bridgehead atoms. The van der Waals surface area contributed by atoms with E-state index in [1.807, 2.05) is 24.3 Å². The summed E-state index contributed by atoms with van der Waals surface area (Å²) in [7, 11) is 1.60. The molecule has 2 heterocycles. The zero-order valence-corrected chi connectivity index (χ0v) is 18.9. The maximum absolute atomic E-state index is 12.5. The van der Waals surface area contributed by atoms with Gasteiger partial charge in [-0.25, -0.2) is 4.79 Å². The Morgan fingerprint density at radius 3 is 2.65 bits per heavy atom. The van der Waals surface area contributed by atoms with Crippen LogP contribution in [0.25, 0.3) is 0 Å². The van der Waals surface area contributed by atoms with Crippen molar-refractivity contribution in [1.29, 1.82) is 0 Å². The van der Waals surface area contributed by atoms with E-state index in [0.717, 1.165) is 11.3 Å². The Balaban J connectivity index is 1.22. The molecule has 2 aromatic rings. The summed E-state index contributed by atoms with van der Waals surface area (Å²) in [5.41, 5.74) is 1.52. The predicted octanol–water partition coefficient (Wildman–Crippen LogP) is 2.16. The summed E-state index contributed by atoms with van der Waals surface area (Å²) in [6, 6.07) is 11.8. The standard InChI is InChI=1S/C24H29N3O7/c1-31-17-5-2-15(3-6-17)12-25-23(29)11-18-7-8-19(22(13-28)34-18)27-24(30)26-16-4-9-20-21(10-16)33-14-32-20/h2-6,9-10,18-19,22,28H,7-8,11-14H2,1H3,(H,25,29)(H2,26,27,30)/t18-,19-,22-/m1/s1. The number of hydrogen-bond donors (Lipinski definition) is 4. The van der Waals surface area contributed by atoms with Crippen molar-refractivity contribution in [3.8, 4) is 17.2 Å². The second kappa shape index (κ2) is 11.1. The van der Waals surface area contributed by atoms with Crippen LogP contribution in [0.2, 0.25) is 0 Å². The van der Waals surface area contributed by atoms with Gasteiger partial charge in [-0.2, -0.15) is 0 Å². The van der Waals surface area contributed by atoms with Gasteiger partial charge in [-0.3, -0.25) is 4.79 Å². The van der Waals surface area contributed by atoms with Crippen molar-refractivity contribution < 1.29 is 33.6 Å². The van der Waals surface area contributed by atoms with Gasteiger partial charge in [-0.1, -0.05) is 12.1 Å². The quantitative estimate of drug-likeness (QED) is 0.465. The zero-order valence-electron chi connectivity index (χ0n) is 18.9. The SMILES string of the molecule is COc1ccc(CNC(=O)C[C@H]2CC[C@@H](NC(=O)Nc3ccc4c(c3)OCO4)[C@@H](CO)O2)cc1. The molecular formula is C24H29N3O7. The number of methoxy groups -OCH3 is 1. The number of ether oxygens (including phenoxy) is 4. The largest absolute Gasteiger partial charge is 0.497 e. The van der Waals surface area contributed by atoms with E-state index < -0.39 is 12.1 Å². The van der Waals surface area contributed by atoms with Crippen LogP contribution in [0.5, 0.6) is 17.2 Å². The zero-order chi connectivity index (χ0) is 23.9. The lowest BCUT2D eigenvalue weighted by Crippen LogP contribution is -2.52. The number of carbonyl (C=O) groups is 2. The minimum Gasteiger partial charge on any atom is -0.497 e. The fraction of sp³-hybridized carbons (Fsp3) is 0.417. The van der Waals surface area contributed by atoms with Gasteiger partial charge in [0.1, 0.15) is 11.9 Å². The number of anilines is 1. The molecule has 0 aliphatic carbocycles. The fourth-order valence-corrected chi connectivity index (χ4v) is 3.98. The van der Waals surface area contributed by atoms with Gasteiger partial charge < -0.3 is 40.0 Å². The molecule has 0 spiro atoms. The average molecular weight is 472 g/mol. The van der Waals surface area contributed by atoms with E-state index in [1.165, 1.54) is 0 Å². The van der Waals surface area contributed by atoms with Gasteiger partial charge in [0.05, 0.1) is 32.3 Å². The molecule has 2 aromatic carbocycles. The maximum Gasteiger partial charge on any atom is 0.319 e. The van der Waals surface area contributed by atoms with Crippen molar-refractivity contribution in [3.05, 3.63) is 48.0 Å². The van der Waals surface area contributed by atoms with Crippen molar-refractivity contribution in [2.24, 2.45) is 0 Å². The van der Waals surface area contributed by atoms with Gasteiger partial charge in [0.2, 0.25) is 12.7 Å². The molecule has 4 rings (SSSR count). The topological polar surface area (TPSA) is 127 Å². The highest BCUT2D eigenvalue weighted by Gasteiger charge is 2.33. The van der Waals surface area contributed by atoms with E-state index in [1.54, 1.807) is 25.3 Å². The van der Waals surface area contributed by atoms with Crippen LogP contribution in [0.1, 0.15) is 24.8 Å². The Hall–Kier alpha value is -3.50. The molecule has 0 unspecified atom stereocenters. The second-order valence-corrected chi connectivity index (χ2v) is 8.16. The Morgan fingerprint density at radius 1 is 1.09 bits per heavy atom. The van der Waals surface area contributed by atoms with Crippen molar-refractivity contribution in [2.75, 3.05) is 25.8 Å². The van der Waals surface area contributed by atoms with E-state index in [0.29, 0.717) is 36.6 Å². The van der Waals surface area contributed by atoms with Crippen LogP contribution in [-0.2, 0) is 16.1 Å². The monoisotopic (exact) mass is 471 g/mol. The third-order valence-electron chi connectivity index (χ3n) is 5.80. The number of benzene rings is 2. The van der Waals surface area contributed by atoms with Crippen molar-refractivity contribution in [3.63, 3.8) is 0 Å². The first-order valence-corrected chi connectivity index (χ1v) is 11.2. The van der Waals surface area contributed by atoms with E-state index in [4.69, 9.17) is 18.9 Å². The van der Waals surface area contributed by atoms with Gasteiger partial charge >= 0.3 is 6.03 Å². The van der Waals surface area contributed by atoms with Crippen LogP contribution >= 0.6 is 0 Å². The van der Waals surface area contributed by atoms with Gasteiger partial charge in [0, 0.05) is 18.3 Å². The number of urea groups is 1. The number of carbonyl (C=O) groups excluding carboxylic acids is 2. The summed E-state index contributed by atoms with van der Waals surface area (Å²) in [4.78, 5) is 24.8. The highest BCUT2D eigenvalue weighted by Crippen LogP contribution is 2.34. The maximum atomic E-state index is 12.5. The first-order valence-electron chi connectivity index (χ1n) is 11.2. The molecule has 34 heavy (non-hydrogen) atoms. The van der Waals surface area contributed by atoms with Crippen molar-refractivity contribution in [1.82, 2.24) is 10.6 Å². The minimum absolute atomic E-state index is 0.135. The number of nitrogens with one attached hydrogen (secondary N) is 3. The molecule has 10 heteroatoms. The van der Waals surface area contributed by atoms with Gasteiger partial charge in [0.15, 0.2) is 11.5 Å². The van der Waals surface area contributed by atoms with Gasteiger partial charge in [0.25, 0.3) is 0 Å². The third kappa shape index (κ3) is 6.09. The molecule has 1 saturated heterocycles. The summed E-state index contributed by atoms with van der Waals surface area (Å²) in [6.07, 6.45) is 0.416. The lowest BCUT2D eigenvalue weighted by molar-refractivity contribution is -0.130. The molecule has 0 aromatic heterocycles. The molecule has 10 nitrogen and oxygen atoms in total. The number of aliphatic hydroxyl groups excluding tert-OH is 1. The lowest BCUT2D eigenvalue weighted by Gasteiger charge is -2.35. The Labute approximate surface area is 197 Å². The molecule has 0 saturated carbocycles. The summed E-state index contributed by atoms with van der Waals surface area (Å²) < 4.78 is 21.6. The molecule has 0 radical (unpaired) electrons. The number of amides is 3. The van der Waals surface area contributed by atoms with Crippen LogP contribution in [0.15, 0.2) is 42.5 Å². The highest BCUT2D eigenvalue weighted by molar-refractivity contribution is 5.90. The minimum atomic E-state index is -0.601. The molecule has 3 atom stereocenters. The van der Waals surface area contributed by atoms with Crippen LogP contribution in [-0.4, -0.2) is 55.8 Å². The second-order valence-electron chi connectivity index (χ2n) is 8.16. The summed E-state index contributed by atoms with van der Waals surface area (Å²) in [5.74, 6) is 1.82. The van der Waals surface area contributed by atoms with Crippen molar-refractivity contribution in [2.45, 2.75) is 44.1 Å². The smallest absolute Gasteiger partial charge is 0.319 e. The average Bonchev–Trinajstić information content (AvgIpc) is 3.32. The summed E-state index contributed by atoms with van der Waals surface area (Å²) >= 11 is 0. The number of rotatable bonds is 8. The molecule has 2 aliphatic rings. The van der Waals surface area contributed by atoms with Crippen molar-refractivity contribution >= 4 is 17.6 Å². The van der Waals surface area contributed by atoms with E-state index in [-0.39, 0.29) is 37.9 Å². The summed E-state index contributed by atoms with van der Waals surface area (Å²) in [6.45, 7) is 0.297. The molecular weight excluding hydrogens is 442 g/mol. The van der Waals surface area contributed by atoms with Crippen LogP contribution in [0.4, 0.5) is 10.5 Å². The molecule has 3 amide bonds. The van der Waals surface area contributed by atoms with E-state index >= 15 is 0 Å². The Bertz CT molecular complexity index is 999. The molecule has 4 N–H and O–H groups in total. The number of hydrogen-bond acceptors (Lipinski definition) is 7. The third-order valence-corrected chi connectivity index (χ3v) is 5.80. The number of fused-ring (bicyclic) bond motifs is 1.